The lowest BCUT2D eigenvalue weighted by Crippen LogP contribution is -2.41. The summed E-state index contributed by atoms with van der Waals surface area (Å²) >= 11 is 0. The zero-order valence-corrected chi connectivity index (χ0v) is 8.25. The van der Waals surface area contributed by atoms with Crippen LogP contribution in [-0.2, 0) is 4.79 Å². The van der Waals surface area contributed by atoms with E-state index >= 15 is 0 Å². The molecule has 0 aromatic heterocycles. The third-order valence-electron chi connectivity index (χ3n) is 3.67. The molecule has 0 radical (unpaired) electrons. The van der Waals surface area contributed by atoms with E-state index in [1.54, 1.807) is 7.05 Å². The van der Waals surface area contributed by atoms with Crippen LogP contribution in [0.1, 0.15) is 38.5 Å². The Morgan fingerprint density at radius 2 is 1.92 bits per heavy atom. The lowest BCUT2D eigenvalue weighted by molar-refractivity contribution is -0.138. The van der Waals surface area contributed by atoms with E-state index < -0.39 is 0 Å². The molecule has 0 spiro atoms. The highest BCUT2D eigenvalue weighted by Crippen LogP contribution is 2.57. The second-order valence-corrected chi connectivity index (χ2v) is 4.55. The van der Waals surface area contributed by atoms with Gasteiger partial charge in [-0.25, -0.2) is 5.84 Å². The molecule has 2 aliphatic rings. The average molecular weight is 182 g/mol. The van der Waals surface area contributed by atoms with Gasteiger partial charge in [-0.3, -0.25) is 9.80 Å². The second-order valence-electron chi connectivity index (χ2n) is 4.55. The Balaban J connectivity index is 2.07. The van der Waals surface area contributed by atoms with E-state index in [0.29, 0.717) is 5.92 Å². The number of carbonyl (C=O) groups is 1. The number of hydrazine groups is 1. The first kappa shape index (κ1) is 9.00. The van der Waals surface area contributed by atoms with Crippen molar-refractivity contribution in [3.05, 3.63) is 0 Å². The molecule has 0 aromatic carbocycles. The maximum atomic E-state index is 11.8. The summed E-state index contributed by atoms with van der Waals surface area (Å²) in [5.74, 6) is 6.31. The Morgan fingerprint density at radius 1 is 1.38 bits per heavy atom. The number of hydrogen-bond acceptors (Lipinski definition) is 2. The van der Waals surface area contributed by atoms with Gasteiger partial charge in [-0.1, -0.05) is 12.8 Å². The van der Waals surface area contributed by atoms with Crippen LogP contribution in [0.2, 0.25) is 0 Å². The van der Waals surface area contributed by atoms with Gasteiger partial charge in [-0.15, -0.1) is 0 Å². The first-order chi connectivity index (χ1) is 6.17. The average Bonchev–Trinajstić information content (AvgIpc) is 2.72. The van der Waals surface area contributed by atoms with E-state index in [2.05, 4.69) is 0 Å². The highest BCUT2D eigenvalue weighted by molar-refractivity contribution is 5.85. The molecular formula is C10H18N2O. The standard InChI is InChI=1S/C10H18N2O/c1-12(11)9(13)10(6-7-10)8-4-2-3-5-8/h8H,2-7,11H2,1H3. The predicted octanol–water partition coefficient (Wildman–Crippen LogP) is 1.29. The van der Waals surface area contributed by atoms with Crippen LogP contribution in [0.3, 0.4) is 0 Å². The molecule has 2 fully saturated rings. The first-order valence-electron chi connectivity index (χ1n) is 5.20. The van der Waals surface area contributed by atoms with Gasteiger partial charge in [0.05, 0.1) is 5.41 Å². The lowest BCUT2D eigenvalue weighted by Gasteiger charge is -2.24. The molecule has 0 heterocycles. The van der Waals surface area contributed by atoms with Crippen molar-refractivity contribution in [3.63, 3.8) is 0 Å². The van der Waals surface area contributed by atoms with Gasteiger partial charge >= 0.3 is 0 Å². The fraction of sp³-hybridized carbons (Fsp3) is 0.900. The van der Waals surface area contributed by atoms with Crippen LogP contribution in [0.15, 0.2) is 0 Å². The van der Waals surface area contributed by atoms with Crippen LogP contribution in [0, 0.1) is 11.3 Å². The van der Waals surface area contributed by atoms with Crippen LogP contribution < -0.4 is 5.84 Å². The zero-order chi connectivity index (χ0) is 9.47. The van der Waals surface area contributed by atoms with Crippen LogP contribution in [0.5, 0.6) is 0 Å². The molecule has 0 unspecified atom stereocenters. The van der Waals surface area contributed by atoms with Crippen LogP contribution in [0.4, 0.5) is 0 Å². The molecule has 0 saturated heterocycles. The van der Waals surface area contributed by atoms with E-state index in [1.807, 2.05) is 0 Å². The molecule has 3 heteroatoms. The number of nitrogens with two attached hydrogens (primary N) is 1. The van der Waals surface area contributed by atoms with Crippen molar-refractivity contribution in [2.24, 2.45) is 17.2 Å². The van der Waals surface area contributed by atoms with E-state index in [4.69, 9.17) is 5.84 Å². The van der Waals surface area contributed by atoms with Crippen molar-refractivity contribution in [2.75, 3.05) is 7.05 Å². The Morgan fingerprint density at radius 3 is 2.31 bits per heavy atom. The number of amides is 1. The number of nitrogens with zero attached hydrogens (tertiary/aromatic N) is 1. The Labute approximate surface area is 79.2 Å². The predicted molar refractivity (Wildman–Crippen MR) is 50.6 cm³/mol. The van der Waals surface area contributed by atoms with E-state index in [0.717, 1.165) is 12.8 Å². The third kappa shape index (κ3) is 1.35. The van der Waals surface area contributed by atoms with E-state index in [1.165, 1.54) is 30.7 Å². The quantitative estimate of drug-likeness (QED) is 0.397. The Kier molecular flexibility index (Phi) is 2.06. The smallest absolute Gasteiger partial charge is 0.242 e. The van der Waals surface area contributed by atoms with Crippen molar-refractivity contribution in [2.45, 2.75) is 38.5 Å². The minimum Gasteiger partial charge on any atom is -0.283 e. The van der Waals surface area contributed by atoms with Gasteiger partial charge in [-0.05, 0) is 31.6 Å². The lowest BCUT2D eigenvalue weighted by atomic mass is 9.86. The summed E-state index contributed by atoms with van der Waals surface area (Å²) in [6.45, 7) is 0. The topological polar surface area (TPSA) is 46.3 Å². The molecule has 0 atom stereocenters. The molecule has 0 aliphatic heterocycles. The SMILES string of the molecule is CN(N)C(=O)C1(C2CCCC2)CC1. The summed E-state index contributed by atoms with van der Waals surface area (Å²) < 4.78 is 0. The van der Waals surface area contributed by atoms with Gasteiger partial charge in [0.15, 0.2) is 0 Å². The van der Waals surface area contributed by atoms with Gasteiger partial charge in [-0.2, -0.15) is 0 Å². The molecule has 2 rings (SSSR count). The molecule has 2 saturated carbocycles. The highest BCUT2D eigenvalue weighted by Gasteiger charge is 2.56. The molecule has 2 N–H and O–H groups in total. The van der Waals surface area contributed by atoms with Gasteiger partial charge in [0.1, 0.15) is 0 Å². The van der Waals surface area contributed by atoms with Crippen LogP contribution >= 0.6 is 0 Å². The van der Waals surface area contributed by atoms with Gasteiger partial charge in [0.2, 0.25) is 5.91 Å². The van der Waals surface area contributed by atoms with Gasteiger partial charge < -0.3 is 0 Å². The molecule has 2 aliphatic carbocycles. The zero-order valence-electron chi connectivity index (χ0n) is 8.25. The molecule has 13 heavy (non-hydrogen) atoms. The van der Waals surface area contributed by atoms with Crippen LogP contribution in [-0.4, -0.2) is 18.0 Å². The second kappa shape index (κ2) is 2.98. The van der Waals surface area contributed by atoms with E-state index in [-0.39, 0.29) is 11.3 Å². The minimum absolute atomic E-state index is 0.0278. The molecule has 3 nitrogen and oxygen atoms in total. The largest absolute Gasteiger partial charge is 0.283 e. The summed E-state index contributed by atoms with van der Waals surface area (Å²) in [4.78, 5) is 11.8. The molecule has 0 aromatic rings. The molecule has 74 valence electrons. The monoisotopic (exact) mass is 182 g/mol. The maximum Gasteiger partial charge on any atom is 0.242 e. The summed E-state index contributed by atoms with van der Waals surface area (Å²) in [6, 6.07) is 0. The molecular weight excluding hydrogens is 164 g/mol. The number of carbonyl (C=O) groups excluding carboxylic acids is 1. The number of rotatable bonds is 2. The molecule has 1 amide bonds. The fourth-order valence-corrected chi connectivity index (χ4v) is 2.76. The fourth-order valence-electron chi connectivity index (χ4n) is 2.76. The van der Waals surface area contributed by atoms with Crippen molar-refractivity contribution in [3.8, 4) is 0 Å². The molecule has 0 bridgehead atoms. The Hall–Kier alpha value is -0.570. The normalized spacial score (nSPS) is 26.0. The van der Waals surface area contributed by atoms with E-state index in [9.17, 15) is 4.79 Å². The Bertz CT molecular complexity index is 215. The third-order valence-corrected chi connectivity index (χ3v) is 3.67. The van der Waals surface area contributed by atoms with Crippen LogP contribution in [0.25, 0.3) is 0 Å². The summed E-state index contributed by atoms with van der Waals surface area (Å²) in [5, 5.41) is 1.28. The van der Waals surface area contributed by atoms with Crippen molar-refractivity contribution < 1.29 is 4.79 Å². The van der Waals surface area contributed by atoms with Crippen molar-refractivity contribution in [1.82, 2.24) is 5.01 Å². The van der Waals surface area contributed by atoms with Crippen molar-refractivity contribution >= 4 is 5.91 Å². The van der Waals surface area contributed by atoms with Crippen molar-refractivity contribution in [1.29, 1.82) is 0 Å². The summed E-state index contributed by atoms with van der Waals surface area (Å²) in [7, 11) is 1.66. The highest BCUT2D eigenvalue weighted by atomic mass is 16.2. The van der Waals surface area contributed by atoms with Gasteiger partial charge in [0.25, 0.3) is 0 Å². The summed E-state index contributed by atoms with van der Waals surface area (Å²) in [6.07, 6.45) is 7.21. The maximum absolute atomic E-state index is 11.8. The first-order valence-corrected chi connectivity index (χ1v) is 5.20. The minimum atomic E-state index is -0.0278. The summed E-state index contributed by atoms with van der Waals surface area (Å²) in [5.41, 5.74) is -0.0278. The number of hydrogen-bond donors (Lipinski definition) is 1. The van der Waals surface area contributed by atoms with Gasteiger partial charge in [0, 0.05) is 7.05 Å².